The van der Waals surface area contributed by atoms with Crippen molar-refractivity contribution in [1.82, 2.24) is 4.90 Å². The average molecular weight is 171 g/mol. The van der Waals surface area contributed by atoms with E-state index >= 15 is 0 Å². The van der Waals surface area contributed by atoms with Crippen LogP contribution in [0.15, 0.2) is 0 Å². The van der Waals surface area contributed by atoms with Crippen molar-refractivity contribution in [2.75, 3.05) is 13.1 Å². The molecule has 1 saturated heterocycles. The molecule has 0 radical (unpaired) electrons. The smallest absolute Gasteiger partial charge is 0.222 e. The summed E-state index contributed by atoms with van der Waals surface area (Å²) in [5, 5.41) is 0. The van der Waals surface area contributed by atoms with Crippen LogP contribution in [0.4, 0.5) is 0 Å². The first kappa shape index (κ1) is 11.5. The SMILES string of the molecule is CC.CCN1CC(C)CCC1=O. The van der Waals surface area contributed by atoms with E-state index in [0.717, 1.165) is 25.9 Å². The van der Waals surface area contributed by atoms with Gasteiger partial charge in [-0.05, 0) is 19.3 Å². The second kappa shape index (κ2) is 6.04. The largest absolute Gasteiger partial charge is 0.343 e. The van der Waals surface area contributed by atoms with Gasteiger partial charge in [0.05, 0.1) is 0 Å². The van der Waals surface area contributed by atoms with Gasteiger partial charge in [0, 0.05) is 19.5 Å². The third-order valence-electron chi connectivity index (χ3n) is 2.12. The summed E-state index contributed by atoms with van der Waals surface area (Å²) in [5.41, 5.74) is 0. The molecule has 0 aromatic rings. The standard InChI is InChI=1S/C8H15NO.C2H6/c1-3-9-6-7(2)4-5-8(9)10;1-2/h7H,3-6H2,1-2H3;1-2H3. The highest BCUT2D eigenvalue weighted by atomic mass is 16.2. The minimum absolute atomic E-state index is 0.334. The molecule has 1 fully saturated rings. The molecule has 0 saturated carbocycles. The highest BCUT2D eigenvalue weighted by molar-refractivity contribution is 5.76. The summed E-state index contributed by atoms with van der Waals surface area (Å²) in [6.45, 7) is 10.1. The van der Waals surface area contributed by atoms with Crippen molar-refractivity contribution < 1.29 is 4.79 Å². The number of hydrogen-bond donors (Lipinski definition) is 0. The normalized spacial score (nSPS) is 23.2. The maximum absolute atomic E-state index is 11.1. The van der Waals surface area contributed by atoms with E-state index < -0.39 is 0 Å². The van der Waals surface area contributed by atoms with Crippen molar-refractivity contribution in [3.8, 4) is 0 Å². The van der Waals surface area contributed by atoms with E-state index in [9.17, 15) is 4.79 Å². The molecule has 1 amide bonds. The Morgan fingerprint density at radius 3 is 2.50 bits per heavy atom. The molecule has 0 aromatic heterocycles. The van der Waals surface area contributed by atoms with Gasteiger partial charge >= 0.3 is 0 Å². The van der Waals surface area contributed by atoms with Gasteiger partial charge in [0.25, 0.3) is 0 Å². The Kier molecular flexibility index (Phi) is 5.77. The van der Waals surface area contributed by atoms with Gasteiger partial charge in [-0.3, -0.25) is 4.79 Å². The minimum Gasteiger partial charge on any atom is -0.343 e. The summed E-state index contributed by atoms with van der Waals surface area (Å²) in [6.07, 6.45) is 1.84. The highest BCUT2D eigenvalue weighted by Crippen LogP contribution is 2.15. The second-order valence-corrected chi connectivity index (χ2v) is 3.08. The maximum Gasteiger partial charge on any atom is 0.222 e. The van der Waals surface area contributed by atoms with Gasteiger partial charge in [-0.2, -0.15) is 0 Å². The molecule has 1 rings (SSSR count). The van der Waals surface area contributed by atoms with Crippen LogP contribution in [0.1, 0.15) is 40.5 Å². The zero-order valence-electron chi connectivity index (χ0n) is 8.76. The number of carbonyl (C=O) groups excluding carboxylic acids is 1. The van der Waals surface area contributed by atoms with E-state index in [0.29, 0.717) is 11.8 Å². The quantitative estimate of drug-likeness (QED) is 0.592. The first-order valence-electron chi connectivity index (χ1n) is 5.01. The summed E-state index contributed by atoms with van der Waals surface area (Å²) in [7, 11) is 0. The van der Waals surface area contributed by atoms with E-state index in [1.54, 1.807) is 0 Å². The van der Waals surface area contributed by atoms with Crippen molar-refractivity contribution in [3.63, 3.8) is 0 Å². The first-order chi connectivity index (χ1) is 5.74. The van der Waals surface area contributed by atoms with Crippen molar-refractivity contribution in [2.45, 2.75) is 40.5 Å². The lowest BCUT2D eigenvalue weighted by atomic mass is 10.00. The molecule has 0 bridgehead atoms. The summed E-state index contributed by atoms with van der Waals surface area (Å²) in [4.78, 5) is 13.0. The van der Waals surface area contributed by atoms with Gasteiger partial charge in [0.2, 0.25) is 5.91 Å². The van der Waals surface area contributed by atoms with Crippen LogP contribution in [0.5, 0.6) is 0 Å². The monoisotopic (exact) mass is 171 g/mol. The van der Waals surface area contributed by atoms with E-state index in [4.69, 9.17) is 0 Å². The second-order valence-electron chi connectivity index (χ2n) is 3.08. The molecular formula is C10H21NO. The van der Waals surface area contributed by atoms with Crippen LogP contribution in [0, 0.1) is 5.92 Å². The van der Waals surface area contributed by atoms with Crippen molar-refractivity contribution in [2.24, 2.45) is 5.92 Å². The fourth-order valence-corrected chi connectivity index (χ4v) is 1.40. The van der Waals surface area contributed by atoms with Crippen LogP contribution in [0.2, 0.25) is 0 Å². The first-order valence-corrected chi connectivity index (χ1v) is 5.01. The van der Waals surface area contributed by atoms with Crippen LogP contribution >= 0.6 is 0 Å². The van der Waals surface area contributed by atoms with Gasteiger partial charge < -0.3 is 4.90 Å². The number of amides is 1. The Morgan fingerprint density at radius 1 is 1.50 bits per heavy atom. The number of rotatable bonds is 1. The number of hydrogen-bond acceptors (Lipinski definition) is 1. The minimum atomic E-state index is 0.334. The summed E-state index contributed by atoms with van der Waals surface area (Å²) < 4.78 is 0. The Hall–Kier alpha value is -0.530. The van der Waals surface area contributed by atoms with Gasteiger partial charge in [-0.1, -0.05) is 20.8 Å². The zero-order valence-corrected chi connectivity index (χ0v) is 8.76. The van der Waals surface area contributed by atoms with Gasteiger partial charge in [-0.15, -0.1) is 0 Å². The number of nitrogens with zero attached hydrogens (tertiary/aromatic N) is 1. The van der Waals surface area contributed by atoms with Crippen molar-refractivity contribution in [3.05, 3.63) is 0 Å². The van der Waals surface area contributed by atoms with E-state index in [2.05, 4.69) is 6.92 Å². The molecule has 1 unspecified atom stereocenters. The van der Waals surface area contributed by atoms with Gasteiger partial charge in [-0.25, -0.2) is 0 Å². The van der Waals surface area contributed by atoms with E-state index in [1.165, 1.54) is 0 Å². The lowest BCUT2D eigenvalue weighted by Gasteiger charge is -2.29. The fourth-order valence-electron chi connectivity index (χ4n) is 1.40. The Labute approximate surface area is 75.9 Å². The average Bonchev–Trinajstić information content (AvgIpc) is 2.13. The summed E-state index contributed by atoms with van der Waals surface area (Å²) >= 11 is 0. The molecular weight excluding hydrogens is 150 g/mol. The van der Waals surface area contributed by atoms with Crippen LogP contribution in [-0.2, 0) is 4.79 Å². The van der Waals surface area contributed by atoms with Gasteiger partial charge in [0.15, 0.2) is 0 Å². The molecule has 0 N–H and O–H groups in total. The number of carbonyl (C=O) groups is 1. The Morgan fingerprint density at radius 2 is 2.08 bits per heavy atom. The summed E-state index contributed by atoms with van der Waals surface area (Å²) in [5.74, 6) is 1.04. The van der Waals surface area contributed by atoms with Crippen molar-refractivity contribution in [1.29, 1.82) is 0 Å². The molecule has 0 aromatic carbocycles. The van der Waals surface area contributed by atoms with Crippen molar-refractivity contribution >= 4 is 5.91 Å². The topological polar surface area (TPSA) is 20.3 Å². The molecule has 2 heteroatoms. The van der Waals surface area contributed by atoms with Crippen LogP contribution in [0.25, 0.3) is 0 Å². The predicted molar refractivity (Wildman–Crippen MR) is 52.0 cm³/mol. The number of piperidine rings is 1. The van der Waals surface area contributed by atoms with Crippen LogP contribution in [-0.4, -0.2) is 23.9 Å². The van der Waals surface area contributed by atoms with Crippen LogP contribution in [0.3, 0.4) is 0 Å². The van der Waals surface area contributed by atoms with E-state index in [-0.39, 0.29) is 0 Å². The Balaban J connectivity index is 0.000000561. The molecule has 1 atom stereocenters. The maximum atomic E-state index is 11.1. The molecule has 1 aliphatic rings. The zero-order chi connectivity index (χ0) is 9.56. The molecule has 12 heavy (non-hydrogen) atoms. The number of likely N-dealkylation sites (tertiary alicyclic amines) is 1. The molecule has 1 heterocycles. The third kappa shape index (κ3) is 3.24. The molecule has 1 aliphatic heterocycles. The Bertz CT molecular complexity index is 134. The van der Waals surface area contributed by atoms with Crippen LogP contribution < -0.4 is 0 Å². The molecule has 0 spiro atoms. The highest BCUT2D eigenvalue weighted by Gasteiger charge is 2.20. The molecule has 2 nitrogen and oxygen atoms in total. The van der Waals surface area contributed by atoms with E-state index in [1.807, 2.05) is 25.7 Å². The molecule has 0 aliphatic carbocycles. The lowest BCUT2D eigenvalue weighted by molar-refractivity contribution is -0.134. The third-order valence-corrected chi connectivity index (χ3v) is 2.12. The fraction of sp³-hybridized carbons (Fsp3) is 0.900. The van der Waals surface area contributed by atoms with Gasteiger partial charge in [0.1, 0.15) is 0 Å². The predicted octanol–water partition coefficient (Wildman–Crippen LogP) is 2.29. The molecule has 72 valence electrons. The lowest BCUT2D eigenvalue weighted by Crippen LogP contribution is -2.38. The summed E-state index contributed by atoms with van der Waals surface area (Å²) in [6, 6.07) is 0.